The minimum Gasteiger partial charge on any atom is -0.218 e. The van der Waals surface area contributed by atoms with Gasteiger partial charge in [-0.2, -0.15) is 105 Å². The molecule has 0 heterocycles. The number of alkyl halides is 24. The topological polar surface area (TPSA) is 137 Å². The fraction of sp³-hybridized carbons (Fsp3) is 0.455. The van der Waals surface area contributed by atoms with Crippen molar-refractivity contribution in [2.24, 2.45) is 0 Å². The first kappa shape index (κ1) is 52.6. The SMILES string of the molecule is O=S(=O)(C(c1cc(C(F)(F)F)cc(C(F)(F)F)c1)S(=O)(=O)C(F)(F)F)C(F)(F)F.O=S(=O)(C(c1cc(C(F)(F)F)cc(C(F)(F)F)c1)S(=O)(=O)C(F)(F)F)C(F)(F)F. The number of hydrogen-bond donors (Lipinski definition) is 0. The molecule has 2 rings (SSSR count). The number of halogens is 24. The van der Waals surface area contributed by atoms with Gasteiger partial charge in [0, 0.05) is 0 Å². The molecular weight excluding hydrogens is 976 g/mol. The highest BCUT2D eigenvalue weighted by molar-refractivity contribution is 8.09. The molecule has 336 valence electrons. The molecule has 0 fully saturated rings. The Kier molecular flexibility index (Phi) is 13.8. The second-order valence-corrected chi connectivity index (χ2v) is 19.0. The van der Waals surface area contributed by atoms with Gasteiger partial charge in [0.2, 0.25) is 9.16 Å². The first-order valence-corrected chi connectivity index (χ1v) is 18.9. The van der Waals surface area contributed by atoms with Gasteiger partial charge in [-0.25, -0.2) is 33.7 Å². The largest absolute Gasteiger partial charge is 0.499 e. The lowest BCUT2D eigenvalue weighted by atomic mass is 10.1. The summed E-state index contributed by atoms with van der Waals surface area (Å²) in [6, 6.07) is -4.92. The van der Waals surface area contributed by atoms with E-state index in [1.807, 2.05) is 0 Å². The molecule has 0 unspecified atom stereocenters. The second-order valence-electron chi connectivity index (χ2n) is 10.3. The molecule has 0 saturated heterocycles. The Morgan fingerprint density at radius 3 is 0.517 bits per heavy atom. The van der Waals surface area contributed by atoms with Crippen LogP contribution in [-0.2, 0) is 64.1 Å². The van der Waals surface area contributed by atoms with Gasteiger partial charge in [-0.05, 0) is 47.5 Å². The van der Waals surface area contributed by atoms with E-state index < -0.39 is 165 Å². The van der Waals surface area contributed by atoms with E-state index >= 15 is 0 Å². The summed E-state index contributed by atoms with van der Waals surface area (Å²) in [5.41, 5.74) is -42.3. The van der Waals surface area contributed by atoms with Crippen LogP contribution >= 0.6 is 0 Å². The van der Waals surface area contributed by atoms with E-state index in [9.17, 15) is 139 Å². The second kappa shape index (κ2) is 15.2. The molecule has 0 aliphatic carbocycles. The van der Waals surface area contributed by atoms with Gasteiger partial charge in [0.15, 0.2) is 0 Å². The normalized spacial score (nSPS) is 15.1. The predicted molar refractivity (Wildman–Crippen MR) is 138 cm³/mol. The Morgan fingerprint density at radius 2 is 0.414 bits per heavy atom. The molecule has 0 saturated carbocycles. The predicted octanol–water partition coefficient (Wildman–Crippen LogP) is 9.18. The van der Waals surface area contributed by atoms with Crippen LogP contribution < -0.4 is 0 Å². The van der Waals surface area contributed by atoms with Gasteiger partial charge in [-0.3, -0.25) is 0 Å². The maximum absolute atomic E-state index is 12.7. The average molecular weight is 985 g/mol. The zero-order valence-corrected chi connectivity index (χ0v) is 28.9. The highest BCUT2D eigenvalue weighted by atomic mass is 32.3. The Labute approximate surface area is 304 Å². The molecule has 0 aliphatic heterocycles. The molecule has 0 radical (unpaired) electrons. The molecule has 2 aromatic carbocycles. The van der Waals surface area contributed by atoms with E-state index in [2.05, 4.69) is 0 Å². The molecular formula is C22H8F24O8S4. The standard InChI is InChI=1S/2C11H4F12O4S2/c2*12-8(13,14)5-1-4(2-6(3-5)9(15,16)17)7(28(24,25)10(18,19)20)29(26,27)11(21,22)23/h2*1-3,7H. The monoisotopic (exact) mass is 984 g/mol. The molecule has 8 nitrogen and oxygen atoms in total. The van der Waals surface area contributed by atoms with Crippen molar-refractivity contribution >= 4 is 39.3 Å². The zero-order chi connectivity index (χ0) is 46.9. The summed E-state index contributed by atoms with van der Waals surface area (Å²) in [5, 5.41) is 0. The van der Waals surface area contributed by atoms with Crippen LogP contribution in [0.4, 0.5) is 105 Å². The minimum absolute atomic E-state index is 0.749. The van der Waals surface area contributed by atoms with E-state index in [0.29, 0.717) is 0 Å². The van der Waals surface area contributed by atoms with Gasteiger partial charge in [0.25, 0.3) is 39.3 Å². The van der Waals surface area contributed by atoms with Crippen molar-refractivity contribution < 1.29 is 139 Å². The molecule has 0 aliphatic rings. The van der Waals surface area contributed by atoms with Crippen molar-refractivity contribution in [2.75, 3.05) is 0 Å². The summed E-state index contributed by atoms with van der Waals surface area (Å²) >= 11 is 0. The number of benzene rings is 2. The quantitative estimate of drug-likeness (QED) is 0.262. The summed E-state index contributed by atoms with van der Waals surface area (Å²) in [5.74, 6) is 0. The Balaban J connectivity index is 0.000000580. The Morgan fingerprint density at radius 1 is 0.276 bits per heavy atom. The van der Waals surface area contributed by atoms with E-state index in [0.717, 1.165) is 0 Å². The summed E-state index contributed by atoms with van der Waals surface area (Å²) < 4.78 is 387. The lowest BCUT2D eigenvalue weighted by molar-refractivity contribution is -0.144. The van der Waals surface area contributed by atoms with Crippen molar-refractivity contribution in [1.29, 1.82) is 0 Å². The summed E-state index contributed by atoms with van der Waals surface area (Å²) in [6.45, 7) is 0. The van der Waals surface area contributed by atoms with Crippen LogP contribution in [0.2, 0.25) is 0 Å². The van der Waals surface area contributed by atoms with Crippen molar-refractivity contribution in [1.82, 2.24) is 0 Å². The van der Waals surface area contributed by atoms with Crippen LogP contribution in [0.15, 0.2) is 36.4 Å². The van der Waals surface area contributed by atoms with Crippen LogP contribution in [0.3, 0.4) is 0 Å². The molecule has 0 bridgehead atoms. The molecule has 58 heavy (non-hydrogen) atoms. The number of hydrogen-bond acceptors (Lipinski definition) is 8. The van der Waals surface area contributed by atoms with Crippen molar-refractivity contribution in [3.05, 3.63) is 69.8 Å². The van der Waals surface area contributed by atoms with E-state index in [-0.39, 0.29) is 0 Å². The third kappa shape index (κ3) is 11.0. The molecule has 0 spiro atoms. The molecule has 0 amide bonds. The van der Waals surface area contributed by atoms with Crippen LogP contribution in [-0.4, -0.2) is 55.7 Å². The first-order valence-electron chi connectivity index (χ1n) is 12.7. The molecule has 2 aromatic rings. The van der Waals surface area contributed by atoms with Crippen molar-refractivity contribution in [2.45, 2.75) is 55.9 Å². The maximum atomic E-state index is 12.7. The summed E-state index contributed by atoms with van der Waals surface area (Å²) in [6.07, 6.45) is -23.3. The maximum Gasteiger partial charge on any atom is 0.499 e. The molecule has 0 aromatic heterocycles. The highest BCUT2D eigenvalue weighted by Crippen LogP contribution is 2.49. The Hall–Kier alpha value is -3.44. The molecule has 0 atom stereocenters. The minimum atomic E-state index is -7.50. The fourth-order valence-electron chi connectivity index (χ4n) is 3.77. The van der Waals surface area contributed by atoms with Gasteiger partial charge in [0.05, 0.1) is 22.3 Å². The lowest BCUT2D eigenvalue weighted by Gasteiger charge is -2.23. The van der Waals surface area contributed by atoms with Gasteiger partial charge in [0.1, 0.15) is 0 Å². The van der Waals surface area contributed by atoms with Crippen LogP contribution in [0.5, 0.6) is 0 Å². The van der Waals surface area contributed by atoms with Crippen molar-refractivity contribution in [3.8, 4) is 0 Å². The Bertz CT molecular complexity index is 1970. The van der Waals surface area contributed by atoms with Crippen LogP contribution in [0.1, 0.15) is 42.5 Å². The smallest absolute Gasteiger partial charge is 0.218 e. The van der Waals surface area contributed by atoms with Gasteiger partial charge < -0.3 is 0 Å². The number of rotatable bonds is 6. The zero-order valence-electron chi connectivity index (χ0n) is 25.6. The first-order chi connectivity index (χ1) is 24.9. The third-order valence-corrected chi connectivity index (χ3v) is 15.1. The van der Waals surface area contributed by atoms with Crippen LogP contribution in [0.25, 0.3) is 0 Å². The van der Waals surface area contributed by atoms with Crippen LogP contribution in [0, 0.1) is 0 Å². The van der Waals surface area contributed by atoms with Gasteiger partial charge in [-0.15, -0.1) is 0 Å². The molecule has 0 N–H and O–H groups in total. The highest BCUT2D eigenvalue weighted by Gasteiger charge is 2.65. The van der Waals surface area contributed by atoms with Gasteiger partial charge >= 0.3 is 46.7 Å². The number of sulfone groups is 4. The van der Waals surface area contributed by atoms with E-state index in [1.165, 1.54) is 0 Å². The summed E-state index contributed by atoms with van der Waals surface area (Å²) in [7, 11) is -30.0. The van der Waals surface area contributed by atoms with E-state index in [1.54, 1.807) is 0 Å². The lowest BCUT2D eigenvalue weighted by Crippen LogP contribution is -2.39. The average Bonchev–Trinajstić information content (AvgIpc) is 2.92. The molecule has 36 heteroatoms. The third-order valence-electron chi connectivity index (χ3n) is 6.18. The van der Waals surface area contributed by atoms with E-state index in [4.69, 9.17) is 0 Å². The summed E-state index contributed by atoms with van der Waals surface area (Å²) in [4.78, 5) is 0. The van der Waals surface area contributed by atoms with Crippen molar-refractivity contribution in [3.63, 3.8) is 0 Å². The fourth-order valence-corrected chi connectivity index (χ4v) is 10.7. The van der Waals surface area contributed by atoms with Gasteiger partial charge in [-0.1, -0.05) is 0 Å².